The highest BCUT2D eigenvalue weighted by Crippen LogP contribution is 2.19. The van der Waals surface area contributed by atoms with Crippen molar-refractivity contribution in [2.45, 2.75) is 18.9 Å². The van der Waals surface area contributed by atoms with Crippen molar-refractivity contribution in [3.05, 3.63) is 18.1 Å². The largest absolute Gasteiger partial charge is 0.464 e. The summed E-state index contributed by atoms with van der Waals surface area (Å²) in [6, 6.07) is 0.451. The van der Waals surface area contributed by atoms with Gasteiger partial charge >= 0.3 is 5.97 Å². The molecule has 0 amide bonds. The molecular formula is C11H15N3O2S. The van der Waals surface area contributed by atoms with Crippen LogP contribution >= 0.6 is 11.8 Å². The minimum atomic E-state index is -0.461. The molecule has 1 atom stereocenters. The van der Waals surface area contributed by atoms with Crippen LogP contribution in [0.25, 0.3) is 0 Å². The van der Waals surface area contributed by atoms with Crippen LogP contribution < -0.4 is 5.32 Å². The van der Waals surface area contributed by atoms with E-state index in [0.717, 1.165) is 12.2 Å². The van der Waals surface area contributed by atoms with E-state index in [4.69, 9.17) is 0 Å². The second-order valence-electron chi connectivity index (χ2n) is 3.84. The molecule has 92 valence electrons. The second kappa shape index (κ2) is 5.86. The smallest absolute Gasteiger partial charge is 0.358 e. The summed E-state index contributed by atoms with van der Waals surface area (Å²) < 4.78 is 4.56. The molecule has 0 aliphatic carbocycles. The maximum absolute atomic E-state index is 11.2. The van der Waals surface area contributed by atoms with Crippen LogP contribution in [0.3, 0.4) is 0 Å². The van der Waals surface area contributed by atoms with Crippen molar-refractivity contribution >= 4 is 23.5 Å². The lowest BCUT2D eigenvalue weighted by molar-refractivity contribution is 0.0593. The number of esters is 1. The number of hydrogen-bond donors (Lipinski definition) is 1. The van der Waals surface area contributed by atoms with Gasteiger partial charge in [-0.1, -0.05) is 0 Å². The molecule has 2 heterocycles. The van der Waals surface area contributed by atoms with E-state index in [2.05, 4.69) is 20.0 Å². The fraction of sp³-hybridized carbons (Fsp3) is 0.545. The Labute approximate surface area is 104 Å². The monoisotopic (exact) mass is 253 g/mol. The van der Waals surface area contributed by atoms with E-state index < -0.39 is 5.97 Å². The number of aromatic nitrogens is 2. The normalized spacial score (nSPS) is 19.7. The Kier molecular flexibility index (Phi) is 4.19. The zero-order valence-electron chi connectivity index (χ0n) is 9.68. The molecule has 1 aliphatic heterocycles. The quantitative estimate of drug-likeness (QED) is 0.825. The first-order valence-corrected chi connectivity index (χ1v) is 6.69. The Bertz CT molecular complexity index is 377. The number of carbonyl (C=O) groups is 1. The first-order valence-electron chi connectivity index (χ1n) is 5.54. The second-order valence-corrected chi connectivity index (χ2v) is 4.99. The number of methoxy groups -OCH3 is 1. The van der Waals surface area contributed by atoms with Gasteiger partial charge in [0.05, 0.1) is 19.5 Å². The molecule has 1 saturated heterocycles. The Hall–Kier alpha value is -1.30. The molecule has 1 fully saturated rings. The number of carbonyl (C=O) groups excluding carboxylic acids is 1. The molecule has 1 aromatic heterocycles. The average molecular weight is 253 g/mol. The summed E-state index contributed by atoms with van der Waals surface area (Å²) >= 11 is 1.95. The lowest BCUT2D eigenvalue weighted by Gasteiger charge is -2.22. The van der Waals surface area contributed by atoms with Gasteiger partial charge in [-0.2, -0.15) is 11.8 Å². The first-order chi connectivity index (χ1) is 8.29. The summed E-state index contributed by atoms with van der Waals surface area (Å²) in [7, 11) is 1.33. The number of nitrogens with zero attached hydrogens (tertiary/aromatic N) is 2. The van der Waals surface area contributed by atoms with Gasteiger partial charge in [-0.3, -0.25) is 0 Å². The van der Waals surface area contributed by atoms with Crippen molar-refractivity contribution < 1.29 is 9.53 Å². The number of ether oxygens (including phenoxy) is 1. The van der Waals surface area contributed by atoms with Gasteiger partial charge in [-0.15, -0.1) is 0 Å². The standard InChI is InChI=1S/C11H15N3O2S/c1-16-11(15)9-5-13-10(6-12-9)14-8-3-2-4-17-7-8/h5-6,8H,2-4,7H2,1H3,(H,13,14). The average Bonchev–Trinajstić information content (AvgIpc) is 2.40. The van der Waals surface area contributed by atoms with E-state index in [-0.39, 0.29) is 5.69 Å². The summed E-state index contributed by atoms with van der Waals surface area (Å²) in [6.45, 7) is 0. The third kappa shape index (κ3) is 3.33. The van der Waals surface area contributed by atoms with Crippen molar-refractivity contribution in [1.82, 2.24) is 9.97 Å². The molecule has 0 spiro atoms. The van der Waals surface area contributed by atoms with Crippen molar-refractivity contribution in [2.24, 2.45) is 0 Å². The molecule has 1 aromatic rings. The van der Waals surface area contributed by atoms with Crippen LogP contribution in [0.5, 0.6) is 0 Å². The minimum Gasteiger partial charge on any atom is -0.464 e. The van der Waals surface area contributed by atoms with E-state index in [0.29, 0.717) is 11.9 Å². The van der Waals surface area contributed by atoms with Crippen molar-refractivity contribution in [2.75, 3.05) is 23.9 Å². The SMILES string of the molecule is COC(=O)c1cnc(NC2CCCSC2)cn1. The summed E-state index contributed by atoms with van der Waals surface area (Å²) in [5.74, 6) is 2.59. The fourth-order valence-corrected chi connectivity index (χ4v) is 2.75. The van der Waals surface area contributed by atoms with Gasteiger partial charge in [0, 0.05) is 11.8 Å². The molecule has 1 aliphatic rings. The van der Waals surface area contributed by atoms with Crippen molar-refractivity contribution in [3.8, 4) is 0 Å². The van der Waals surface area contributed by atoms with E-state index in [9.17, 15) is 4.79 Å². The first kappa shape index (κ1) is 12.2. The van der Waals surface area contributed by atoms with Crippen LogP contribution in [0.1, 0.15) is 23.3 Å². The molecule has 0 bridgehead atoms. The molecule has 0 saturated carbocycles. The zero-order valence-corrected chi connectivity index (χ0v) is 10.5. The third-order valence-electron chi connectivity index (χ3n) is 2.56. The highest BCUT2D eigenvalue weighted by molar-refractivity contribution is 7.99. The van der Waals surface area contributed by atoms with Crippen LogP contribution in [0.4, 0.5) is 5.82 Å². The topological polar surface area (TPSA) is 64.1 Å². The van der Waals surface area contributed by atoms with Gasteiger partial charge < -0.3 is 10.1 Å². The van der Waals surface area contributed by atoms with Crippen LogP contribution in [0.15, 0.2) is 12.4 Å². The van der Waals surface area contributed by atoms with E-state index in [1.807, 2.05) is 11.8 Å². The highest BCUT2D eigenvalue weighted by atomic mass is 32.2. The Morgan fingerprint density at radius 2 is 2.41 bits per heavy atom. The number of rotatable bonds is 3. The van der Waals surface area contributed by atoms with Crippen LogP contribution in [0.2, 0.25) is 0 Å². The maximum Gasteiger partial charge on any atom is 0.358 e. The molecule has 0 radical (unpaired) electrons. The predicted octanol–water partition coefficient (Wildman–Crippen LogP) is 1.57. The van der Waals surface area contributed by atoms with E-state index in [1.54, 1.807) is 6.20 Å². The molecule has 1 unspecified atom stereocenters. The Morgan fingerprint density at radius 3 is 3.00 bits per heavy atom. The molecule has 6 heteroatoms. The Balaban J connectivity index is 1.95. The fourth-order valence-electron chi connectivity index (χ4n) is 1.68. The third-order valence-corrected chi connectivity index (χ3v) is 3.77. The molecule has 17 heavy (non-hydrogen) atoms. The van der Waals surface area contributed by atoms with Gasteiger partial charge in [0.2, 0.25) is 0 Å². The van der Waals surface area contributed by atoms with Gasteiger partial charge in [0.25, 0.3) is 0 Å². The zero-order chi connectivity index (χ0) is 12.1. The van der Waals surface area contributed by atoms with Gasteiger partial charge in [-0.25, -0.2) is 14.8 Å². The lowest BCUT2D eigenvalue weighted by Crippen LogP contribution is -2.26. The van der Waals surface area contributed by atoms with Crippen molar-refractivity contribution in [1.29, 1.82) is 0 Å². The number of anilines is 1. The molecule has 2 rings (SSSR count). The molecular weight excluding hydrogens is 238 g/mol. The summed E-state index contributed by atoms with van der Waals surface area (Å²) in [5, 5.41) is 3.32. The molecule has 1 N–H and O–H groups in total. The maximum atomic E-state index is 11.2. The molecule has 5 nitrogen and oxygen atoms in total. The summed E-state index contributed by atoms with van der Waals surface area (Å²) in [4.78, 5) is 19.3. The lowest BCUT2D eigenvalue weighted by atomic mass is 10.2. The number of thioether (sulfide) groups is 1. The van der Waals surface area contributed by atoms with Gasteiger partial charge in [0.1, 0.15) is 5.82 Å². The Morgan fingerprint density at radius 1 is 1.53 bits per heavy atom. The van der Waals surface area contributed by atoms with E-state index in [1.165, 1.54) is 25.5 Å². The van der Waals surface area contributed by atoms with Crippen LogP contribution in [0, 0.1) is 0 Å². The van der Waals surface area contributed by atoms with E-state index >= 15 is 0 Å². The number of hydrogen-bond acceptors (Lipinski definition) is 6. The predicted molar refractivity (Wildman–Crippen MR) is 67.3 cm³/mol. The highest BCUT2D eigenvalue weighted by Gasteiger charge is 2.14. The molecule has 0 aromatic carbocycles. The summed E-state index contributed by atoms with van der Waals surface area (Å²) in [6.07, 6.45) is 5.40. The van der Waals surface area contributed by atoms with Gasteiger partial charge in [0.15, 0.2) is 5.69 Å². The number of nitrogens with one attached hydrogen (secondary N) is 1. The van der Waals surface area contributed by atoms with Crippen LogP contribution in [-0.4, -0.2) is 40.6 Å². The minimum absolute atomic E-state index is 0.232. The van der Waals surface area contributed by atoms with Gasteiger partial charge in [-0.05, 0) is 18.6 Å². The summed E-state index contributed by atoms with van der Waals surface area (Å²) in [5.41, 5.74) is 0.232. The van der Waals surface area contributed by atoms with Crippen LogP contribution in [-0.2, 0) is 4.74 Å². The van der Waals surface area contributed by atoms with Crippen molar-refractivity contribution in [3.63, 3.8) is 0 Å².